The van der Waals surface area contributed by atoms with Gasteiger partial charge in [-0.1, -0.05) is 53.5 Å². The van der Waals surface area contributed by atoms with Gasteiger partial charge in [-0.25, -0.2) is 9.59 Å². The van der Waals surface area contributed by atoms with Gasteiger partial charge >= 0.3 is 24.2 Å². The second-order valence-corrected chi connectivity index (χ2v) is 9.50. The molecule has 0 saturated carbocycles. The zero-order valence-electron chi connectivity index (χ0n) is 21.4. The van der Waals surface area contributed by atoms with Gasteiger partial charge in [0.2, 0.25) is 0 Å². The summed E-state index contributed by atoms with van der Waals surface area (Å²) in [4.78, 5) is 37.2. The molecule has 214 valence electrons. The summed E-state index contributed by atoms with van der Waals surface area (Å²) in [7, 11) is 2.14. The van der Waals surface area contributed by atoms with E-state index in [4.69, 9.17) is 27.9 Å². The summed E-state index contributed by atoms with van der Waals surface area (Å²) in [6, 6.07) is 10.8. The predicted octanol–water partition coefficient (Wildman–Crippen LogP) is 6.23. The Balaban J connectivity index is 2.04. The third-order valence-electron chi connectivity index (χ3n) is 6.04. The van der Waals surface area contributed by atoms with Crippen molar-refractivity contribution >= 4 is 46.9 Å². The van der Waals surface area contributed by atoms with Crippen molar-refractivity contribution in [2.24, 2.45) is 0 Å². The number of ether oxygens (including phenoxy) is 2. The van der Waals surface area contributed by atoms with Crippen molar-refractivity contribution in [3.05, 3.63) is 86.7 Å². The number of para-hydroxylation sites is 1. The number of benzene rings is 2. The average Bonchev–Trinajstić information content (AvgIpc) is 2.89. The van der Waals surface area contributed by atoms with Crippen LogP contribution >= 0.6 is 23.2 Å². The Labute approximate surface area is 237 Å². The number of allylic oxidation sites excluding steroid dienone is 2. The zero-order valence-corrected chi connectivity index (χ0v) is 22.9. The number of carbonyl (C=O) groups is 3. The molecule has 1 aliphatic heterocycles. The number of dihydropyridines is 1. The highest BCUT2D eigenvalue weighted by Crippen LogP contribution is 2.41. The number of carboxylic acids is 1. The smallest absolute Gasteiger partial charge is 0.414 e. The third kappa shape index (κ3) is 7.48. The van der Waals surface area contributed by atoms with Gasteiger partial charge in [-0.05, 0) is 36.6 Å². The van der Waals surface area contributed by atoms with Crippen LogP contribution in [0.15, 0.2) is 65.5 Å². The number of anilines is 1. The Morgan fingerprint density at radius 2 is 1.65 bits per heavy atom. The minimum absolute atomic E-state index is 0.00494. The van der Waals surface area contributed by atoms with Gasteiger partial charge in [0.25, 0.3) is 0 Å². The number of esters is 1. The van der Waals surface area contributed by atoms with E-state index in [1.165, 1.54) is 12.1 Å². The lowest BCUT2D eigenvalue weighted by Gasteiger charge is -2.29. The highest BCUT2D eigenvalue weighted by Gasteiger charge is 2.36. The van der Waals surface area contributed by atoms with Crippen LogP contribution in [0, 0.1) is 0 Å². The van der Waals surface area contributed by atoms with Crippen LogP contribution in [-0.4, -0.2) is 50.1 Å². The highest BCUT2D eigenvalue weighted by atomic mass is 35.5. The Morgan fingerprint density at radius 3 is 2.23 bits per heavy atom. The average molecular weight is 601 g/mol. The second-order valence-electron chi connectivity index (χ2n) is 8.68. The van der Waals surface area contributed by atoms with Gasteiger partial charge in [0, 0.05) is 32.9 Å². The Morgan fingerprint density at radius 1 is 1.00 bits per heavy atom. The van der Waals surface area contributed by atoms with E-state index in [1.807, 2.05) is 0 Å². The van der Waals surface area contributed by atoms with Crippen molar-refractivity contribution in [1.29, 1.82) is 0 Å². The maximum atomic E-state index is 13.3. The molecule has 1 aliphatic rings. The van der Waals surface area contributed by atoms with Gasteiger partial charge in [-0.15, -0.1) is 0 Å². The molecular weight excluding hydrogens is 576 g/mol. The lowest BCUT2D eigenvalue weighted by atomic mass is 9.85. The van der Waals surface area contributed by atoms with Crippen LogP contribution in [0.4, 0.5) is 23.7 Å². The molecule has 0 bridgehead atoms. The molecule has 0 aliphatic carbocycles. The fourth-order valence-corrected chi connectivity index (χ4v) is 5.03. The molecule has 2 N–H and O–H groups in total. The maximum absolute atomic E-state index is 13.3. The summed E-state index contributed by atoms with van der Waals surface area (Å²) in [6.45, 7) is -1.56. The molecule has 3 rings (SSSR count). The maximum Gasteiger partial charge on any atom is 0.414 e. The molecular formula is C27H25Cl2F3N2O6. The molecule has 1 atom stereocenters. The van der Waals surface area contributed by atoms with Crippen LogP contribution in [0.2, 0.25) is 10.0 Å². The van der Waals surface area contributed by atoms with Gasteiger partial charge in [0.05, 0.1) is 31.9 Å². The second kappa shape index (κ2) is 13.1. The van der Waals surface area contributed by atoms with Crippen molar-refractivity contribution in [1.82, 2.24) is 5.32 Å². The van der Waals surface area contributed by atoms with Gasteiger partial charge in [0.15, 0.2) is 0 Å². The number of aryl methyl sites for hydroxylation is 1. The van der Waals surface area contributed by atoms with E-state index in [2.05, 4.69) is 10.1 Å². The van der Waals surface area contributed by atoms with Crippen molar-refractivity contribution < 1.29 is 42.1 Å². The number of hydrogen-bond acceptors (Lipinski definition) is 6. The molecule has 0 spiro atoms. The van der Waals surface area contributed by atoms with Crippen LogP contribution in [-0.2, 0) is 25.5 Å². The van der Waals surface area contributed by atoms with E-state index in [0.29, 0.717) is 21.7 Å². The molecule has 0 fully saturated rings. The lowest BCUT2D eigenvalue weighted by Crippen LogP contribution is -2.39. The first kappa shape index (κ1) is 30.8. The lowest BCUT2D eigenvalue weighted by molar-refractivity contribution is -0.136. The van der Waals surface area contributed by atoms with E-state index < -0.39 is 43.1 Å². The number of nitrogens with one attached hydrogen (secondary N) is 1. The summed E-state index contributed by atoms with van der Waals surface area (Å²) in [5.74, 6) is -2.89. The minimum Gasteiger partial charge on any atom is -0.481 e. The number of carboxylic acid groups (broad SMARTS) is 1. The molecule has 0 radical (unpaired) electrons. The van der Waals surface area contributed by atoms with E-state index in [-0.39, 0.29) is 39.8 Å². The third-order valence-corrected chi connectivity index (χ3v) is 6.70. The van der Waals surface area contributed by atoms with Crippen LogP contribution in [0.1, 0.15) is 29.9 Å². The summed E-state index contributed by atoms with van der Waals surface area (Å²) >= 11 is 12.9. The Bertz CT molecular complexity index is 1340. The van der Waals surface area contributed by atoms with Crippen LogP contribution in [0.25, 0.3) is 0 Å². The fraction of sp³-hybridized carbons (Fsp3) is 0.296. The molecule has 1 amide bonds. The molecule has 2 aromatic rings. The normalized spacial score (nSPS) is 15.2. The number of aliphatic carboxylic acids is 1. The standard InChI is InChI=1S/C27H25Cl2F3N2O6/c1-39-25(37)24-17(23-18(28)7-5-8-19(23)29)12-16(33-20(24)13-22(35)36)11-10-15-6-3-4-9-21(15)34(26(38)40-2)14-27(30,31)32/h3-9,12,17,33H,10-11,13-14H2,1-2H3,(H,35,36). The van der Waals surface area contributed by atoms with Crippen LogP contribution in [0.5, 0.6) is 0 Å². The number of nitrogens with zero attached hydrogens (tertiary/aromatic N) is 1. The van der Waals surface area contributed by atoms with Gasteiger partial charge in [-0.2, -0.15) is 13.2 Å². The topological polar surface area (TPSA) is 105 Å². The Hall–Kier alpha value is -3.70. The summed E-state index contributed by atoms with van der Waals surface area (Å²) in [5, 5.41) is 13.0. The monoisotopic (exact) mass is 600 g/mol. The predicted molar refractivity (Wildman–Crippen MR) is 142 cm³/mol. The first-order valence-corrected chi connectivity index (χ1v) is 12.6. The van der Waals surface area contributed by atoms with E-state index >= 15 is 0 Å². The summed E-state index contributed by atoms with van der Waals surface area (Å²) in [5.41, 5.74) is 1.28. The zero-order chi connectivity index (χ0) is 29.6. The largest absolute Gasteiger partial charge is 0.481 e. The summed E-state index contributed by atoms with van der Waals surface area (Å²) < 4.78 is 49.3. The van der Waals surface area contributed by atoms with Gasteiger partial charge in [0.1, 0.15) is 6.54 Å². The van der Waals surface area contributed by atoms with Crippen molar-refractivity contribution in [3.63, 3.8) is 0 Å². The van der Waals surface area contributed by atoms with E-state index in [0.717, 1.165) is 14.2 Å². The highest BCUT2D eigenvalue weighted by molar-refractivity contribution is 6.36. The molecule has 0 saturated heterocycles. The molecule has 0 aromatic heterocycles. The number of hydrogen-bond donors (Lipinski definition) is 2. The van der Waals surface area contributed by atoms with Crippen molar-refractivity contribution in [2.75, 3.05) is 25.7 Å². The number of halogens is 5. The molecule has 8 nitrogen and oxygen atoms in total. The number of alkyl halides is 3. The number of amides is 1. The number of carbonyl (C=O) groups excluding carboxylic acids is 2. The molecule has 1 heterocycles. The molecule has 2 aromatic carbocycles. The first-order valence-electron chi connectivity index (χ1n) is 11.8. The molecule has 40 heavy (non-hydrogen) atoms. The van der Waals surface area contributed by atoms with Crippen molar-refractivity contribution in [3.8, 4) is 0 Å². The Kier molecular flexibility index (Phi) is 10.1. The molecule has 13 heteroatoms. The quantitative estimate of drug-likeness (QED) is 0.328. The SMILES string of the molecule is COC(=O)C1=C(CC(=O)O)NC(CCc2ccccc2N(CC(F)(F)F)C(=O)OC)=CC1c1c(Cl)cccc1Cl. The first-order chi connectivity index (χ1) is 18.9. The van der Waals surface area contributed by atoms with E-state index in [9.17, 15) is 32.7 Å². The molecule has 1 unspecified atom stereocenters. The number of methoxy groups -OCH3 is 2. The van der Waals surface area contributed by atoms with Crippen molar-refractivity contribution in [2.45, 2.75) is 31.4 Å². The van der Waals surface area contributed by atoms with E-state index in [1.54, 1.807) is 36.4 Å². The summed E-state index contributed by atoms with van der Waals surface area (Å²) in [6.07, 6.45) is -4.48. The van der Waals surface area contributed by atoms with Gasteiger partial charge < -0.3 is 19.9 Å². The fourth-order valence-electron chi connectivity index (χ4n) is 4.40. The van der Waals surface area contributed by atoms with Crippen LogP contribution < -0.4 is 10.2 Å². The van der Waals surface area contributed by atoms with Gasteiger partial charge in [-0.3, -0.25) is 9.69 Å². The minimum atomic E-state index is -4.68. The number of rotatable bonds is 9. The van der Waals surface area contributed by atoms with Crippen LogP contribution in [0.3, 0.4) is 0 Å².